The molecular formula is C66H54N6OS. The number of para-hydroxylation sites is 2. The average molecular weight is 979 g/mol. The first-order valence-electron chi connectivity index (χ1n) is 24.9. The second kappa shape index (κ2) is 22.1. The summed E-state index contributed by atoms with van der Waals surface area (Å²) in [5.41, 5.74) is 11.4. The van der Waals surface area contributed by atoms with Crippen LogP contribution in [0.1, 0.15) is 33.6 Å². The van der Waals surface area contributed by atoms with E-state index in [4.69, 9.17) is 29.3 Å². The zero-order valence-corrected chi connectivity index (χ0v) is 42.6. The van der Waals surface area contributed by atoms with Crippen molar-refractivity contribution in [3.8, 4) is 56.8 Å². The van der Waals surface area contributed by atoms with Crippen molar-refractivity contribution in [2.45, 2.75) is 33.6 Å². The zero-order chi connectivity index (χ0) is 51.0. The van der Waals surface area contributed by atoms with Crippen LogP contribution in [0, 0.1) is 0 Å². The summed E-state index contributed by atoms with van der Waals surface area (Å²) in [6, 6.07) is 56.7. The van der Waals surface area contributed by atoms with Crippen LogP contribution in [0.5, 0.6) is 0 Å². The topological polar surface area (TPSA) is 82.5 Å². The third-order valence-electron chi connectivity index (χ3n) is 12.6. The van der Waals surface area contributed by atoms with E-state index in [0.29, 0.717) is 28.9 Å². The van der Waals surface area contributed by atoms with E-state index in [1.165, 1.54) is 22.0 Å². The highest BCUT2D eigenvalue weighted by atomic mass is 32.1. The summed E-state index contributed by atoms with van der Waals surface area (Å²) in [6.07, 6.45) is 17.5. The van der Waals surface area contributed by atoms with E-state index < -0.39 is 0 Å². The Bertz CT molecular complexity index is 4110. The summed E-state index contributed by atoms with van der Waals surface area (Å²) in [4.78, 5) is 26.0. The first-order chi connectivity index (χ1) is 36.5. The predicted octanol–water partition coefficient (Wildman–Crippen LogP) is 18.7. The van der Waals surface area contributed by atoms with Gasteiger partial charge in [0.05, 0.1) is 11.0 Å². The molecule has 0 spiro atoms. The summed E-state index contributed by atoms with van der Waals surface area (Å²) in [6.45, 7) is 16.1. The van der Waals surface area contributed by atoms with E-state index >= 15 is 0 Å². The molecule has 8 heteroatoms. The Hall–Kier alpha value is -9.11. The normalized spacial score (nSPS) is 12.0. The molecule has 7 aromatic carbocycles. The smallest absolute Gasteiger partial charge is 0.180 e. The van der Waals surface area contributed by atoms with Gasteiger partial charge in [-0.3, -0.25) is 0 Å². The molecule has 360 valence electrons. The van der Waals surface area contributed by atoms with Crippen LogP contribution >= 0.6 is 11.3 Å². The maximum Gasteiger partial charge on any atom is 0.180 e. The van der Waals surface area contributed by atoms with Crippen LogP contribution in [0.3, 0.4) is 0 Å². The number of nitrogens with zero attached hydrogens (tertiary/aromatic N) is 6. The van der Waals surface area contributed by atoms with Gasteiger partial charge in [0.15, 0.2) is 28.9 Å². The molecule has 0 atom stereocenters. The highest BCUT2D eigenvalue weighted by Crippen LogP contribution is 2.43. The third-order valence-corrected chi connectivity index (χ3v) is 13.8. The van der Waals surface area contributed by atoms with E-state index in [1.54, 1.807) is 29.6 Å². The Morgan fingerprint density at radius 2 is 1.18 bits per heavy atom. The van der Waals surface area contributed by atoms with Crippen LogP contribution in [0.15, 0.2) is 237 Å². The highest BCUT2D eigenvalue weighted by Gasteiger charge is 2.22. The van der Waals surface area contributed by atoms with Gasteiger partial charge in [0.1, 0.15) is 16.8 Å². The third kappa shape index (κ3) is 9.42. The molecule has 0 saturated heterocycles. The number of thiophene rings is 1. The van der Waals surface area contributed by atoms with Crippen molar-refractivity contribution in [3.63, 3.8) is 0 Å². The second-order valence-electron chi connectivity index (χ2n) is 17.1. The van der Waals surface area contributed by atoms with Gasteiger partial charge in [-0.1, -0.05) is 204 Å². The summed E-state index contributed by atoms with van der Waals surface area (Å²) < 4.78 is 11.1. The molecule has 5 aromatic heterocycles. The van der Waals surface area contributed by atoms with E-state index in [2.05, 4.69) is 152 Å². The van der Waals surface area contributed by atoms with Crippen molar-refractivity contribution in [2.24, 2.45) is 0 Å². The van der Waals surface area contributed by atoms with Gasteiger partial charge in [-0.05, 0) is 62.2 Å². The largest absolute Gasteiger partial charge is 0.452 e. The lowest BCUT2D eigenvalue weighted by Crippen LogP contribution is -2.01. The van der Waals surface area contributed by atoms with E-state index in [0.717, 1.165) is 88.5 Å². The fraction of sp³-hybridized carbons (Fsp3) is 0.0758. The molecule has 1 aliphatic rings. The van der Waals surface area contributed by atoms with Crippen molar-refractivity contribution >= 4 is 81.1 Å². The molecule has 5 heterocycles. The number of hydrogen-bond acceptors (Lipinski definition) is 7. The second-order valence-corrected chi connectivity index (χ2v) is 18.2. The molecule has 74 heavy (non-hydrogen) atoms. The summed E-state index contributed by atoms with van der Waals surface area (Å²) in [5.74, 6) is 2.53. The fourth-order valence-corrected chi connectivity index (χ4v) is 10.5. The van der Waals surface area contributed by atoms with Crippen molar-refractivity contribution in [1.29, 1.82) is 0 Å². The molecule has 0 aliphatic heterocycles. The molecule has 0 fully saturated rings. The number of furan rings is 1. The molecule has 0 N–H and O–H groups in total. The molecular weight excluding hydrogens is 925 g/mol. The predicted molar refractivity (Wildman–Crippen MR) is 315 cm³/mol. The van der Waals surface area contributed by atoms with Gasteiger partial charge >= 0.3 is 0 Å². The Morgan fingerprint density at radius 1 is 0.541 bits per heavy atom. The van der Waals surface area contributed by atoms with Gasteiger partial charge in [-0.15, -0.1) is 11.3 Å². The maximum atomic E-state index is 6.38. The highest BCUT2D eigenvalue weighted by molar-refractivity contribution is 7.26. The van der Waals surface area contributed by atoms with Crippen LogP contribution < -0.4 is 0 Å². The number of fused-ring (bicyclic) bond motifs is 9. The molecule has 13 rings (SSSR count). The maximum absolute atomic E-state index is 6.38. The van der Waals surface area contributed by atoms with Crippen molar-refractivity contribution in [1.82, 2.24) is 29.5 Å². The monoisotopic (exact) mass is 978 g/mol. The summed E-state index contributed by atoms with van der Waals surface area (Å²) in [7, 11) is 0. The van der Waals surface area contributed by atoms with Crippen LogP contribution in [0.4, 0.5) is 0 Å². The zero-order valence-electron chi connectivity index (χ0n) is 41.7. The summed E-state index contributed by atoms with van der Waals surface area (Å²) in [5, 5.41) is 5.63. The minimum Gasteiger partial charge on any atom is -0.452 e. The standard InChI is InChI=1S/C55H34N6OS.C5H8.C4H6.C2H6/c1-4-15-33(16-5-1)49-51-50(40-22-11-13-25-45(40)62-51)57-53(56-49)36-28-30-41-47(32-36)63-46-26-14-23-42(48(41)46)55-59-52(34-17-6-2-7-18-34)58-54(60-55)35-27-29-39-38-21-10-12-24-43(38)61(44(39)31-35)37-19-8-3-9-20-37;1-3-5-4-2;1-3-4-2;1-2/h1-8,10-19,21-32H,9,20H2;3-5H,1H2,2H3;3-4H,1-2H2;1-2H3/b;5-4-;;. The molecule has 12 aromatic rings. The lowest BCUT2D eigenvalue weighted by molar-refractivity contribution is 0.667. The number of allylic oxidation sites excluding steroid dienone is 9. The lowest BCUT2D eigenvalue weighted by Gasteiger charge is -2.14. The van der Waals surface area contributed by atoms with Crippen LogP contribution in [0.2, 0.25) is 0 Å². The minimum absolute atomic E-state index is 0.627. The first-order valence-corrected chi connectivity index (χ1v) is 25.8. The Kier molecular flexibility index (Phi) is 14.5. The first kappa shape index (κ1) is 48.5. The Labute approximate surface area is 435 Å². The fourth-order valence-electron chi connectivity index (χ4n) is 9.34. The molecule has 0 amide bonds. The van der Waals surface area contributed by atoms with Crippen LogP contribution in [0.25, 0.3) is 127 Å². The molecule has 0 saturated carbocycles. The number of hydrogen-bond donors (Lipinski definition) is 0. The van der Waals surface area contributed by atoms with E-state index in [9.17, 15) is 0 Å². The quantitative estimate of drug-likeness (QED) is 0.141. The van der Waals surface area contributed by atoms with E-state index in [1.807, 2.05) is 87.5 Å². The molecule has 0 bridgehead atoms. The van der Waals surface area contributed by atoms with Crippen molar-refractivity contribution < 1.29 is 4.42 Å². The summed E-state index contributed by atoms with van der Waals surface area (Å²) >= 11 is 1.75. The average Bonchev–Trinajstić information content (AvgIpc) is 4.16. The number of rotatable bonds is 8. The van der Waals surface area contributed by atoms with Gasteiger partial charge in [0, 0.05) is 69.8 Å². The van der Waals surface area contributed by atoms with Gasteiger partial charge < -0.3 is 8.98 Å². The lowest BCUT2D eigenvalue weighted by atomic mass is 10.0. The Balaban J connectivity index is 0.000000523. The minimum atomic E-state index is 0.627. The molecule has 0 unspecified atom stereocenters. The van der Waals surface area contributed by atoms with Gasteiger partial charge in [0.25, 0.3) is 0 Å². The van der Waals surface area contributed by atoms with Gasteiger partial charge in [-0.2, -0.15) is 0 Å². The van der Waals surface area contributed by atoms with Crippen LogP contribution in [-0.2, 0) is 0 Å². The van der Waals surface area contributed by atoms with Crippen LogP contribution in [-0.4, -0.2) is 29.5 Å². The number of benzene rings is 7. The van der Waals surface area contributed by atoms with Gasteiger partial charge in [-0.25, -0.2) is 24.9 Å². The van der Waals surface area contributed by atoms with Gasteiger partial charge in [0.2, 0.25) is 0 Å². The van der Waals surface area contributed by atoms with E-state index in [-0.39, 0.29) is 0 Å². The van der Waals surface area contributed by atoms with Crippen molar-refractivity contribution in [2.75, 3.05) is 0 Å². The molecule has 0 radical (unpaired) electrons. The van der Waals surface area contributed by atoms with Crippen molar-refractivity contribution in [3.05, 3.63) is 232 Å². The molecule has 1 aliphatic carbocycles. The number of aromatic nitrogens is 6. The SMILES string of the molecule is C1=CCCC(n2c3ccccc3c3ccc(-c4nc(-c5ccccc5)nc(-c5cccc6sc7cc(-c8nc(-c9ccccc9)c9oc%10ccccc%10c9n8)ccc7c56)n4)cc32)=C1.C=C/C=C\C.C=CC=C.CC. The Morgan fingerprint density at radius 3 is 1.88 bits per heavy atom. The molecule has 7 nitrogen and oxygen atoms in total.